The number of hydrogen-bond acceptors (Lipinski definition) is 4. The summed E-state index contributed by atoms with van der Waals surface area (Å²) in [7, 11) is -3.96. The SMILES string of the molecule is N#CNS(=O)(=O)c1ccccc1-c1ccc(CN(Cc2ccc(Cl)cc2)C(=O)CCC2CCCCC2)cc1. The predicted molar refractivity (Wildman–Crippen MR) is 149 cm³/mol. The van der Waals surface area contributed by atoms with Crippen LogP contribution in [0.1, 0.15) is 56.1 Å². The Kier molecular flexibility index (Phi) is 9.43. The first-order valence-corrected chi connectivity index (χ1v) is 14.8. The molecule has 0 spiro atoms. The van der Waals surface area contributed by atoms with E-state index in [0.717, 1.165) is 17.5 Å². The molecular formula is C30H32ClN3O3S. The predicted octanol–water partition coefficient (Wildman–Crippen LogP) is 6.66. The van der Waals surface area contributed by atoms with Gasteiger partial charge >= 0.3 is 0 Å². The quantitative estimate of drug-likeness (QED) is 0.226. The number of nitrogens with zero attached hydrogens (tertiary/aromatic N) is 2. The molecule has 1 amide bonds. The Balaban J connectivity index is 1.52. The zero-order valence-electron chi connectivity index (χ0n) is 21.3. The number of sulfonamides is 1. The third-order valence-corrected chi connectivity index (χ3v) is 8.67. The van der Waals surface area contributed by atoms with E-state index in [1.807, 2.05) is 58.2 Å². The monoisotopic (exact) mass is 549 g/mol. The highest BCUT2D eigenvalue weighted by atomic mass is 35.5. The van der Waals surface area contributed by atoms with Crippen LogP contribution >= 0.6 is 11.6 Å². The molecule has 8 heteroatoms. The summed E-state index contributed by atoms with van der Waals surface area (Å²) in [4.78, 5) is 15.3. The van der Waals surface area contributed by atoms with Gasteiger partial charge in [-0.05, 0) is 47.2 Å². The van der Waals surface area contributed by atoms with Crippen molar-refractivity contribution in [2.24, 2.45) is 5.92 Å². The Morgan fingerprint density at radius 3 is 2.16 bits per heavy atom. The zero-order valence-corrected chi connectivity index (χ0v) is 22.8. The molecule has 1 aliphatic carbocycles. The van der Waals surface area contributed by atoms with E-state index in [-0.39, 0.29) is 10.8 Å². The molecule has 3 aromatic carbocycles. The fourth-order valence-corrected chi connectivity index (χ4v) is 6.16. The highest BCUT2D eigenvalue weighted by Crippen LogP contribution is 2.29. The van der Waals surface area contributed by atoms with Crippen molar-refractivity contribution in [3.05, 3.63) is 88.9 Å². The molecule has 0 saturated heterocycles. The van der Waals surface area contributed by atoms with E-state index in [2.05, 4.69) is 0 Å². The molecular weight excluding hydrogens is 518 g/mol. The van der Waals surface area contributed by atoms with Gasteiger partial charge in [-0.1, -0.05) is 98.3 Å². The van der Waals surface area contributed by atoms with Crippen molar-refractivity contribution in [1.29, 1.82) is 5.26 Å². The topological polar surface area (TPSA) is 90.3 Å². The summed E-state index contributed by atoms with van der Waals surface area (Å²) in [5, 5.41) is 9.50. The van der Waals surface area contributed by atoms with Crippen molar-refractivity contribution in [2.75, 3.05) is 0 Å². The molecule has 4 rings (SSSR count). The zero-order chi connectivity index (χ0) is 27.0. The van der Waals surface area contributed by atoms with Crippen molar-refractivity contribution in [2.45, 2.75) is 62.9 Å². The van der Waals surface area contributed by atoms with Crippen LogP contribution in [0.3, 0.4) is 0 Å². The Morgan fingerprint density at radius 1 is 0.921 bits per heavy atom. The van der Waals surface area contributed by atoms with Gasteiger partial charge < -0.3 is 4.90 Å². The minimum absolute atomic E-state index is 0.0385. The smallest absolute Gasteiger partial charge is 0.270 e. The van der Waals surface area contributed by atoms with Gasteiger partial charge in [-0.25, -0.2) is 13.1 Å². The Bertz CT molecular complexity index is 1380. The minimum Gasteiger partial charge on any atom is -0.334 e. The van der Waals surface area contributed by atoms with E-state index < -0.39 is 10.0 Å². The minimum atomic E-state index is -3.96. The van der Waals surface area contributed by atoms with E-state index in [4.69, 9.17) is 16.9 Å². The molecule has 0 heterocycles. The molecule has 198 valence electrons. The molecule has 1 fully saturated rings. The number of rotatable bonds is 10. The van der Waals surface area contributed by atoms with Crippen LogP contribution in [0.15, 0.2) is 77.7 Å². The highest BCUT2D eigenvalue weighted by Gasteiger charge is 2.21. The lowest BCUT2D eigenvalue weighted by Crippen LogP contribution is -2.30. The van der Waals surface area contributed by atoms with Gasteiger partial charge in [-0.15, -0.1) is 0 Å². The van der Waals surface area contributed by atoms with Crippen LogP contribution in [-0.2, 0) is 27.9 Å². The first-order chi connectivity index (χ1) is 18.4. The molecule has 0 atom stereocenters. The van der Waals surface area contributed by atoms with Crippen molar-refractivity contribution < 1.29 is 13.2 Å². The normalized spacial score (nSPS) is 14.0. The third kappa shape index (κ3) is 7.37. The number of carbonyl (C=O) groups excluding carboxylic acids is 1. The molecule has 1 N–H and O–H groups in total. The van der Waals surface area contributed by atoms with Crippen LogP contribution in [0, 0.1) is 17.4 Å². The number of carbonyl (C=O) groups is 1. The van der Waals surface area contributed by atoms with E-state index >= 15 is 0 Å². The number of nitrogens with one attached hydrogen (secondary N) is 1. The molecule has 0 unspecified atom stereocenters. The van der Waals surface area contributed by atoms with Crippen molar-refractivity contribution in [3.8, 4) is 17.3 Å². The average molecular weight is 550 g/mol. The van der Waals surface area contributed by atoms with Crippen molar-refractivity contribution in [3.63, 3.8) is 0 Å². The molecule has 3 aromatic rings. The van der Waals surface area contributed by atoms with Crippen LogP contribution in [0.2, 0.25) is 5.02 Å². The number of amides is 1. The molecule has 1 aliphatic rings. The lowest BCUT2D eigenvalue weighted by molar-refractivity contribution is -0.132. The maximum atomic E-state index is 13.4. The number of nitriles is 1. The van der Waals surface area contributed by atoms with Gasteiger partial charge in [0.1, 0.15) is 0 Å². The summed E-state index contributed by atoms with van der Waals surface area (Å²) >= 11 is 6.06. The second-order valence-corrected chi connectivity index (χ2v) is 11.9. The van der Waals surface area contributed by atoms with E-state index in [9.17, 15) is 13.2 Å². The lowest BCUT2D eigenvalue weighted by Gasteiger charge is -2.26. The van der Waals surface area contributed by atoms with Gasteiger partial charge in [0.25, 0.3) is 10.0 Å². The van der Waals surface area contributed by atoms with E-state index in [0.29, 0.717) is 41.6 Å². The number of benzene rings is 3. The van der Waals surface area contributed by atoms with Gasteiger partial charge in [0, 0.05) is 30.1 Å². The highest BCUT2D eigenvalue weighted by molar-refractivity contribution is 7.89. The van der Waals surface area contributed by atoms with E-state index in [1.165, 1.54) is 44.4 Å². The summed E-state index contributed by atoms with van der Waals surface area (Å²) in [5.41, 5.74) is 3.18. The van der Waals surface area contributed by atoms with Crippen LogP contribution in [0.5, 0.6) is 0 Å². The van der Waals surface area contributed by atoms with Crippen LogP contribution in [0.4, 0.5) is 0 Å². The molecule has 0 aliphatic heterocycles. The lowest BCUT2D eigenvalue weighted by atomic mass is 9.86. The maximum Gasteiger partial charge on any atom is 0.270 e. The van der Waals surface area contributed by atoms with Crippen LogP contribution < -0.4 is 4.72 Å². The molecule has 0 bridgehead atoms. The summed E-state index contributed by atoms with van der Waals surface area (Å²) in [6.07, 6.45) is 9.21. The fraction of sp³-hybridized carbons (Fsp3) is 0.333. The van der Waals surface area contributed by atoms with Gasteiger partial charge in [0.2, 0.25) is 5.91 Å². The van der Waals surface area contributed by atoms with Gasteiger partial charge in [-0.2, -0.15) is 5.26 Å². The van der Waals surface area contributed by atoms with Crippen molar-refractivity contribution >= 4 is 27.5 Å². The Labute approximate surface area is 230 Å². The Hall–Kier alpha value is -3.34. The fourth-order valence-electron chi connectivity index (χ4n) is 5.07. The summed E-state index contributed by atoms with van der Waals surface area (Å²) in [5.74, 6) is 0.768. The van der Waals surface area contributed by atoms with Crippen LogP contribution in [-0.4, -0.2) is 19.2 Å². The molecule has 38 heavy (non-hydrogen) atoms. The average Bonchev–Trinajstić information content (AvgIpc) is 2.93. The molecule has 6 nitrogen and oxygen atoms in total. The van der Waals surface area contributed by atoms with Crippen molar-refractivity contribution in [1.82, 2.24) is 9.62 Å². The van der Waals surface area contributed by atoms with Gasteiger partial charge in [-0.3, -0.25) is 4.79 Å². The third-order valence-electron chi connectivity index (χ3n) is 7.13. The molecule has 1 saturated carbocycles. The van der Waals surface area contributed by atoms with Gasteiger partial charge in [0.15, 0.2) is 6.19 Å². The summed E-state index contributed by atoms with van der Waals surface area (Å²) in [6, 6.07) is 21.7. The first kappa shape index (κ1) is 27.7. The Morgan fingerprint density at radius 2 is 1.53 bits per heavy atom. The number of hydrogen-bond donors (Lipinski definition) is 1. The largest absolute Gasteiger partial charge is 0.334 e. The number of halogens is 1. The van der Waals surface area contributed by atoms with E-state index in [1.54, 1.807) is 18.2 Å². The molecule has 0 aromatic heterocycles. The second-order valence-electron chi connectivity index (χ2n) is 9.83. The summed E-state index contributed by atoms with van der Waals surface area (Å²) < 4.78 is 26.9. The first-order valence-electron chi connectivity index (χ1n) is 13.0. The maximum absolute atomic E-state index is 13.4. The standard InChI is InChI=1S/C30H32ClN3O3S/c31-27-17-12-25(13-18-27)21-34(30(35)19-14-23-6-2-1-3-7-23)20-24-10-15-26(16-11-24)28-8-4-5-9-29(28)38(36,37)33-22-32/h4-5,8-13,15-18,23,33H,1-3,6-7,14,19-21H2. The van der Waals surface area contributed by atoms with Crippen LogP contribution in [0.25, 0.3) is 11.1 Å². The molecule has 0 radical (unpaired) electrons. The summed E-state index contributed by atoms with van der Waals surface area (Å²) in [6.45, 7) is 0.936. The van der Waals surface area contributed by atoms with Gasteiger partial charge in [0.05, 0.1) is 4.90 Å². The second kappa shape index (κ2) is 12.9.